The smallest absolute Gasteiger partial charge is 0.325 e. The van der Waals surface area contributed by atoms with Crippen molar-refractivity contribution in [2.75, 3.05) is 0 Å². The van der Waals surface area contributed by atoms with Crippen LogP contribution in [0.2, 0.25) is 0 Å². The summed E-state index contributed by atoms with van der Waals surface area (Å²) in [5.41, 5.74) is -5.35. The van der Waals surface area contributed by atoms with Crippen LogP contribution in [0.1, 0.15) is 0 Å². The lowest BCUT2D eigenvalue weighted by Crippen LogP contribution is -2.25. The fourth-order valence-corrected chi connectivity index (χ4v) is 1.90. The molecular formula is C7H5F3N2O2S. The van der Waals surface area contributed by atoms with Gasteiger partial charge in [0.2, 0.25) is 0 Å². The molecule has 4 nitrogen and oxygen atoms in total. The van der Waals surface area contributed by atoms with Crippen LogP contribution < -0.4 is 0 Å². The first kappa shape index (κ1) is 11.6. The average molecular weight is 238 g/mol. The number of nitrogens with zero attached hydrogens (tertiary/aromatic N) is 2. The number of hydrogen-bond acceptors (Lipinski definition) is 3. The molecule has 0 saturated carbocycles. The van der Waals surface area contributed by atoms with Crippen molar-refractivity contribution in [1.82, 2.24) is 4.57 Å². The lowest BCUT2D eigenvalue weighted by molar-refractivity contribution is -0.0439. The first-order chi connectivity index (χ1) is 6.80. The molecule has 8 heteroatoms. The molecule has 1 aromatic heterocycles. The molecule has 15 heavy (non-hydrogen) atoms. The van der Waals surface area contributed by atoms with Gasteiger partial charge >= 0.3 is 5.51 Å². The largest absolute Gasteiger partial charge is 0.503 e. The molecular weight excluding hydrogens is 233 g/mol. The number of nitriles is 1. The highest BCUT2D eigenvalue weighted by molar-refractivity contribution is 7.92. The highest BCUT2D eigenvalue weighted by Gasteiger charge is 2.48. The summed E-state index contributed by atoms with van der Waals surface area (Å²) in [4.78, 5) is 0. The molecule has 0 radical (unpaired) electrons. The Balaban J connectivity index is 3.30. The Labute approximate surface area is 83.5 Å². The van der Waals surface area contributed by atoms with E-state index >= 15 is 0 Å². The number of hydrogen-bond donors (Lipinski definition) is 0. The quantitative estimate of drug-likeness (QED) is 0.780. The van der Waals surface area contributed by atoms with Crippen LogP contribution in [0, 0.1) is 11.3 Å². The molecule has 0 saturated heterocycles. The van der Waals surface area contributed by atoms with Crippen LogP contribution in [0.5, 0.6) is 0 Å². The lowest BCUT2D eigenvalue weighted by atomic mass is 10.7. The van der Waals surface area contributed by atoms with Gasteiger partial charge in [0.05, 0.1) is 6.07 Å². The number of halogens is 3. The number of rotatable bonds is 2. The van der Waals surface area contributed by atoms with E-state index in [0.29, 0.717) is 0 Å². The topological polar surface area (TPSA) is 62.9 Å². The molecule has 0 aromatic carbocycles. The summed E-state index contributed by atoms with van der Waals surface area (Å²) in [5, 5.41) is 7.36. The van der Waals surface area contributed by atoms with Crippen LogP contribution >= 0.6 is 0 Å². The average Bonchev–Trinajstić information content (AvgIpc) is 2.51. The van der Waals surface area contributed by atoms with Crippen molar-refractivity contribution in [2.24, 2.45) is 0 Å². The maximum atomic E-state index is 12.1. The van der Waals surface area contributed by atoms with Crippen LogP contribution in [0.3, 0.4) is 0 Å². The van der Waals surface area contributed by atoms with E-state index in [-0.39, 0.29) is 0 Å². The standard InChI is InChI=1S/C7H5F3N2O2S/c8-7(9,10)15(13,14)6-2-1-4-12(6)5-3-11/h1-2,4H,5H2. The highest BCUT2D eigenvalue weighted by Crippen LogP contribution is 2.30. The van der Waals surface area contributed by atoms with Gasteiger partial charge in [-0.1, -0.05) is 0 Å². The highest BCUT2D eigenvalue weighted by atomic mass is 32.2. The monoisotopic (exact) mass is 238 g/mol. The number of sulfone groups is 1. The summed E-state index contributed by atoms with van der Waals surface area (Å²) in [6.07, 6.45) is 1.10. The SMILES string of the molecule is N#CCn1cccc1S(=O)(=O)C(F)(F)F. The van der Waals surface area contributed by atoms with Gasteiger partial charge in [0.1, 0.15) is 11.6 Å². The van der Waals surface area contributed by atoms with Crippen LogP contribution in [-0.2, 0) is 16.4 Å². The van der Waals surface area contributed by atoms with Crippen molar-refractivity contribution in [1.29, 1.82) is 5.26 Å². The fraction of sp³-hybridized carbons (Fsp3) is 0.286. The molecule has 1 rings (SSSR count). The first-order valence-electron chi connectivity index (χ1n) is 3.64. The number of alkyl halides is 3. The van der Waals surface area contributed by atoms with Crippen LogP contribution in [0.25, 0.3) is 0 Å². The molecule has 0 atom stereocenters. The molecule has 1 heterocycles. The van der Waals surface area contributed by atoms with E-state index in [1.165, 1.54) is 0 Å². The zero-order chi connectivity index (χ0) is 11.7. The Bertz CT molecular complexity index is 495. The Kier molecular flexibility index (Phi) is 2.77. The van der Waals surface area contributed by atoms with E-state index in [2.05, 4.69) is 0 Å². The summed E-state index contributed by atoms with van der Waals surface area (Å²) in [6.45, 7) is -0.447. The third kappa shape index (κ3) is 1.97. The summed E-state index contributed by atoms with van der Waals surface area (Å²) >= 11 is 0. The lowest BCUT2D eigenvalue weighted by Gasteiger charge is -2.09. The van der Waals surface area contributed by atoms with E-state index in [1.807, 2.05) is 0 Å². The van der Waals surface area contributed by atoms with Gasteiger partial charge in [-0.05, 0) is 12.1 Å². The van der Waals surface area contributed by atoms with Crippen molar-refractivity contribution in [3.8, 4) is 6.07 Å². The first-order valence-corrected chi connectivity index (χ1v) is 5.12. The molecule has 82 valence electrons. The molecule has 0 unspecified atom stereocenters. The van der Waals surface area contributed by atoms with Crippen molar-refractivity contribution in [2.45, 2.75) is 17.1 Å². The fourth-order valence-electron chi connectivity index (χ4n) is 0.968. The summed E-state index contributed by atoms with van der Waals surface area (Å²) in [7, 11) is -5.37. The van der Waals surface area contributed by atoms with Gasteiger partial charge in [-0.15, -0.1) is 0 Å². The molecule has 0 amide bonds. The van der Waals surface area contributed by atoms with E-state index in [0.717, 1.165) is 22.9 Å². The van der Waals surface area contributed by atoms with Gasteiger partial charge in [0, 0.05) is 6.20 Å². The Morgan fingerprint density at radius 1 is 1.47 bits per heavy atom. The Hall–Kier alpha value is -1.49. The van der Waals surface area contributed by atoms with Crippen molar-refractivity contribution < 1.29 is 21.6 Å². The summed E-state index contributed by atoms with van der Waals surface area (Å²) in [5.74, 6) is 0. The minimum Gasteiger partial charge on any atom is -0.325 e. The Morgan fingerprint density at radius 3 is 2.53 bits per heavy atom. The molecule has 0 spiro atoms. The predicted molar refractivity (Wildman–Crippen MR) is 43.3 cm³/mol. The maximum absolute atomic E-state index is 12.1. The third-order valence-electron chi connectivity index (χ3n) is 1.61. The number of aromatic nitrogens is 1. The van der Waals surface area contributed by atoms with Crippen LogP contribution in [0.4, 0.5) is 13.2 Å². The molecule has 0 fully saturated rings. The van der Waals surface area contributed by atoms with E-state index in [4.69, 9.17) is 5.26 Å². The van der Waals surface area contributed by atoms with E-state index < -0.39 is 26.9 Å². The van der Waals surface area contributed by atoms with Gasteiger partial charge in [-0.2, -0.15) is 18.4 Å². The van der Waals surface area contributed by atoms with Gasteiger partial charge in [-0.25, -0.2) is 8.42 Å². The molecule has 0 aliphatic rings. The molecule has 0 bridgehead atoms. The summed E-state index contributed by atoms with van der Waals surface area (Å²) < 4.78 is 59.0. The maximum Gasteiger partial charge on any atom is 0.503 e. The zero-order valence-electron chi connectivity index (χ0n) is 7.19. The van der Waals surface area contributed by atoms with Crippen molar-refractivity contribution in [3.05, 3.63) is 18.3 Å². The second-order valence-electron chi connectivity index (χ2n) is 2.58. The van der Waals surface area contributed by atoms with Crippen molar-refractivity contribution in [3.63, 3.8) is 0 Å². The zero-order valence-corrected chi connectivity index (χ0v) is 8.01. The minimum absolute atomic E-state index is 0.447. The minimum atomic E-state index is -5.37. The van der Waals surface area contributed by atoms with Gasteiger partial charge < -0.3 is 4.57 Å². The van der Waals surface area contributed by atoms with Crippen LogP contribution in [-0.4, -0.2) is 18.5 Å². The normalized spacial score (nSPS) is 12.4. The van der Waals surface area contributed by atoms with Gasteiger partial charge in [0.15, 0.2) is 0 Å². The molecule has 1 aromatic rings. The molecule has 0 aliphatic carbocycles. The van der Waals surface area contributed by atoms with Gasteiger partial charge in [-0.3, -0.25) is 0 Å². The summed E-state index contributed by atoms with van der Waals surface area (Å²) in [6, 6.07) is 3.51. The van der Waals surface area contributed by atoms with E-state index in [1.54, 1.807) is 6.07 Å². The molecule has 0 N–H and O–H groups in total. The third-order valence-corrected chi connectivity index (χ3v) is 3.14. The van der Waals surface area contributed by atoms with Crippen LogP contribution in [0.15, 0.2) is 23.4 Å². The second-order valence-corrected chi connectivity index (χ2v) is 4.47. The van der Waals surface area contributed by atoms with E-state index in [9.17, 15) is 21.6 Å². The Morgan fingerprint density at radius 2 is 2.07 bits per heavy atom. The predicted octanol–water partition coefficient (Wildman–Crippen LogP) is 1.31. The molecule has 0 aliphatic heterocycles. The van der Waals surface area contributed by atoms with Crippen molar-refractivity contribution >= 4 is 9.84 Å². The van der Waals surface area contributed by atoms with Gasteiger partial charge in [0.25, 0.3) is 9.84 Å². The second kappa shape index (κ2) is 3.58.